The van der Waals surface area contributed by atoms with Gasteiger partial charge in [0.1, 0.15) is 0 Å². The number of benzene rings is 1. The van der Waals surface area contributed by atoms with Crippen LogP contribution < -0.4 is 5.32 Å². The van der Waals surface area contributed by atoms with Crippen LogP contribution in [0.25, 0.3) is 6.08 Å². The van der Waals surface area contributed by atoms with Gasteiger partial charge in [-0.05, 0) is 0 Å². The van der Waals surface area contributed by atoms with Gasteiger partial charge in [-0.3, -0.25) is 0 Å². The van der Waals surface area contributed by atoms with Crippen LogP contribution in [0.1, 0.15) is 5.56 Å². The number of amides is 2. The van der Waals surface area contributed by atoms with Crippen LogP contribution in [0, 0.1) is 0 Å². The average molecular weight is 347 g/mol. The van der Waals surface area contributed by atoms with Crippen molar-refractivity contribution in [2.45, 2.75) is 0 Å². The standard InChI is InChI=1S/C10H6BrNO3Se/c11-6-1-2-7(13)5(3-6)4-8-9(14)12-10(15)16-8/h1-4,13H,(H,12,14,15)/b8-4+. The van der Waals surface area contributed by atoms with Crippen molar-refractivity contribution in [3.63, 3.8) is 0 Å². The van der Waals surface area contributed by atoms with Crippen molar-refractivity contribution in [1.29, 1.82) is 0 Å². The van der Waals surface area contributed by atoms with Crippen LogP contribution >= 0.6 is 15.9 Å². The molecule has 2 rings (SSSR count). The van der Waals surface area contributed by atoms with Gasteiger partial charge in [0.25, 0.3) is 0 Å². The van der Waals surface area contributed by atoms with E-state index in [-0.39, 0.29) is 16.5 Å². The summed E-state index contributed by atoms with van der Waals surface area (Å²) in [5.74, 6) is -0.289. The second-order valence-corrected chi connectivity index (χ2v) is 6.10. The fraction of sp³-hybridized carbons (Fsp3) is 0. The van der Waals surface area contributed by atoms with Gasteiger partial charge in [0, 0.05) is 0 Å². The number of hydrogen-bond acceptors (Lipinski definition) is 3. The Morgan fingerprint density at radius 2 is 2.12 bits per heavy atom. The van der Waals surface area contributed by atoms with Gasteiger partial charge in [0.05, 0.1) is 0 Å². The number of nitrogens with one attached hydrogen (secondary N) is 1. The third-order valence-corrected chi connectivity index (χ3v) is 4.11. The summed E-state index contributed by atoms with van der Waals surface area (Å²) in [5.41, 5.74) is 0.524. The van der Waals surface area contributed by atoms with E-state index < -0.39 is 15.0 Å². The summed E-state index contributed by atoms with van der Waals surface area (Å²) >= 11 is 2.76. The molecule has 1 aromatic carbocycles. The second-order valence-electron chi connectivity index (χ2n) is 3.06. The van der Waals surface area contributed by atoms with Crippen molar-refractivity contribution >= 4 is 47.7 Å². The number of carbonyl (C=O) groups excluding carboxylic acids is 2. The van der Waals surface area contributed by atoms with Gasteiger partial charge >= 0.3 is 106 Å². The maximum absolute atomic E-state index is 11.3. The Kier molecular flexibility index (Phi) is 3.14. The summed E-state index contributed by atoms with van der Waals surface area (Å²) in [4.78, 5) is 22.0. The first-order valence-electron chi connectivity index (χ1n) is 4.29. The molecule has 0 unspecified atom stereocenters. The van der Waals surface area contributed by atoms with Gasteiger partial charge in [0.15, 0.2) is 0 Å². The SMILES string of the molecule is O=C1NC(=O)/C(=C\c2cc(Br)ccc2O)[Se]1. The molecular weight excluding hydrogens is 341 g/mol. The molecule has 1 saturated heterocycles. The fourth-order valence-corrected chi connectivity index (χ4v) is 2.99. The van der Waals surface area contributed by atoms with E-state index in [1.54, 1.807) is 18.2 Å². The predicted octanol–water partition coefficient (Wildman–Crippen LogP) is 1.45. The third-order valence-electron chi connectivity index (χ3n) is 1.92. The molecule has 1 heterocycles. The van der Waals surface area contributed by atoms with Gasteiger partial charge in [-0.1, -0.05) is 0 Å². The Bertz CT molecular complexity index is 513. The van der Waals surface area contributed by atoms with Crippen LogP contribution in [0.5, 0.6) is 5.75 Å². The molecule has 4 nitrogen and oxygen atoms in total. The van der Waals surface area contributed by atoms with Crippen LogP contribution in [0.15, 0.2) is 27.1 Å². The molecule has 0 spiro atoms. The van der Waals surface area contributed by atoms with Crippen molar-refractivity contribution < 1.29 is 14.7 Å². The molecule has 1 aliphatic heterocycles. The summed E-state index contributed by atoms with van der Waals surface area (Å²) in [6, 6.07) is 4.91. The van der Waals surface area contributed by atoms with E-state index in [1.807, 2.05) is 0 Å². The summed E-state index contributed by atoms with van der Waals surface area (Å²) in [6.45, 7) is 0. The molecule has 1 aromatic rings. The first-order valence-corrected chi connectivity index (χ1v) is 6.80. The Hall–Kier alpha value is -1.10. The molecule has 0 bridgehead atoms. The number of rotatable bonds is 1. The predicted molar refractivity (Wildman–Crippen MR) is 63.1 cm³/mol. The minimum atomic E-state index is -0.508. The van der Waals surface area contributed by atoms with Crippen molar-refractivity contribution in [2.75, 3.05) is 0 Å². The van der Waals surface area contributed by atoms with Crippen LogP contribution in [-0.2, 0) is 4.79 Å². The van der Waals surface area contributed by atoms with Crippen molar-refractivity contribution in [3.05, 3.63) is 32.7 Å². The topological polar surface area (TPSA) is 66.4 Å². The van der Waals surface area contributed by atoms with E-state index in [1.165, 1.54) is 6.07 Å². The molecule has 6 heteroatoms. The normalized spacial score (nSPS) is 17.9. The van der Waals surface area contributed by atoms with Crippen LogP contribution in [0.3, 0.4) is 0 Å². The molecule has 2 N–H and O–H groups in total. The molecule has 1 fully saturated rings. The zero-order chi connectivity index (χ0) is 11.7. The number of phenolic OH excluding ortho intramolecular Hbond substituents is 1. The Balaban J connectivity index is 2.39. The summed E-state index contributed by atoms with van der Waals surface area (Å²) in [5, 5.41) is 11.8. The van der Waals surface area contributed by atoms with E-state index in [9.17, 15) is 14.7 Å². The Morgan fingerprint density at radius 1 is 1.38 bits per heavy atom. The average Bonchev–Trinajstić information content (AvgIpc) is 2.51. The van der Waals surface area contributed by atoms with Gasteiger partial charge in [-0.2, -0.15) is 0 Å². The van der Waals surface area contributed by atoms with E-state index in [0.29, 0.717) is 10.0 Å². The van der Waals surface area contributed by atoms with Crippen LogP contribution in [0.2, 0.25) is 0 Å². The molecule has 1 aliphatic rings. The molecule has 0 atom stereocenters. The zero-order valence-corrected chi connectivity index (χ0v) is 11.2. The number of aromatic hydroxyl groups is 1. The molecule has 2 amide bonds. The van der Waals surface area contributed by atoms with Crippen molar-refractivity contribution in [1.82, 2.24) is 5.32 Å². The fourth-order valence-electron chi connectivity index (χ4n) is 1.20. The molecule has 0 aliphatic carbocycles. The number of hydrogen-bond donors (Lipinski definition) is 2. The molecule has 82 valence electrons. The van der Waals surface area contributed by atoms with Gasteiger partial charge in [-0.15, -0.1) is 0 Å². The Labute approximate surface area is 106 Å². The van der Waals surface area contributed by atoms with Crippen LogP contribution in [0.4, 0.5) is 4.79 Å². The third kappa shape index (κ3) is 2.35. The molecular formula is C10H6BrNO3Se. The van der Waals surface area contributed by atoms with E-state index in [2.05, 4.69) is 21.2 Å². The number of imide groups is 1. The van der Waals surface area contributed by atoms with Gasteiger partial charge in [0.2, 0.25) is 0 Å². The second kappa shape index (κ2) is 4.41. The monoisotopic (exact) mass is 347 g/mol. The molecule has 0 aromatic heterocycles. The Morgan fingerprint density at radius 3 is 2.75 bits per heavy atom. The van der Waals surface area contributed by atoms with Crippen molar-refractivity contribution in [2.24, 2.45) is 0 Å². The van der Waals surface area contributed by atoms with E-state index in [4.69, 9.17) is 0 Å². The number of halogens is 1. The van der Waals surface area contributed by atoms with Gasteiger partial charge < -0.3 is 0 Å². The first kappa shape index (κ1) is 11.4. The first-order chi connectivity index (χ1) is 7.56. The van der Waals surface area contributed by atoms with Gasteiger partial charge in [-0.25, -0.2) is 0 Å². The quantitative estimate of drug-likeness (QED) is 0.597. The van der Waals surface area contributed by atoms with Crippen molar-refractivity contribution in [3.8, 4) is 5.75 Å². The van der Waals surface area contributed by atoms with E-state index in [0.717, 1.165) is 4.47 Å². The number of phenols is 1. The molecule has 16 heavy (non-hydrogen) atoms. The number of carbonyl (C=O) groups is 2. The summed E-state index contributed by atoms with van der Waals surface area (Å²) in [7, 11) is 0. The van der Waals surface area contributed by atoms with Crippen LogP contribution in [-0.4, -0.2) is 30.8 Å². The maximum atomic E-state index is 11.3. The zero-order valence-electron chi connectivity index (χ0n) is 7.86. The minimum absolute atomic E-state index is 0.0821. The molecule has 0 saturated carbocycles. The summed E-state index contributed by atoms with van der Waals surface area (Å²) in [6.07, 6.45) is 1.54. The molecule has 0 radical (unpaired) electrons. The summed E-state index contributed by atoms with van der Waals surface area (Å²) < 4.78 is 1.22. The van der Waals surface area contributed by atoms with E-state index >= 15 is 0 Å².